The van der Waals surface area contributed by atoms with Gasteiger partial charge in [0, 0.05) is 4.88 Å². The van der Waals surface area contributed by atoms with E-state index in [0.29, 0.717) is 26.6 Å². The minimum absolute atomic E-state index is 0.165. The second-order valence-electron chi connectivity index (χ2n) is 4.07. The molecule has 0 unspecified atom stereocenters. The molecule has 0 spiro atoms. The summed E-state index contributed by atoms with van der Waals surface area (Å²) >= 11 is 8.27. The van der Waals surface area contributed by atoms with Crippen LogP contribution < -0.4 is 5.32 Å². The lowest BCUT2D eigenvalue weighted by Crippen LogP contribution is -2.09. The number of thiazole rings is 1. The maximum atomic E-state index is 12.0. The van der Waals surface area contributed by atoms with Crippen molar-refractivity contribution >= 4 is 51.3 Å². The first-order valence-corrected chi connectivity index (χ1v) is 8.19. The smallest absolute Gasteiger partial charge is 0.311 e. The van der Waals surface area contributed by atoms with Crippen LogP contribution in [0.25, 0.3) is 0 Å². The van der Waals surface area contributed by atoms with Crippen molar-refractivity contribution in [2.75, 3.05) is 11.9 Å². The molecule has 112 valence electrons. The molecule has 1 N–H and O–H groups in total. The fourth-order valence-corrected chi connectivity index (χ4v) is 3.47. The second kappa shape index (κ2) is 7.02. The number of anilines is 1. The number of nitrogens with zero attached hydrogens (tertiary/aromatic N) is 1. The largest absolute Gasteiger partial charge is 0.466 e. The van der Waals surface area contributed by atoms with Gasteiger partial charge in [-0.3, -0.25) is 14.9 Å². The topological polar surface area (TPSA) is 68.3 Å². The van der Waals surface area contributed by atoms with E-state index >= 15 is 0 Å². The summed E-state index contributed by atoms with van der Waals surface area (Å²) in [6, 6.07) is 3.32. The number of aryl methyl sites for hydroxylation is 1. The Morgan fingerprint density at radius 2 is 2.14 bits per heavy atom. The molecule has 2 aromatic rings. The molecule has 21 heavy (non-hydrogen) atoms. The van der Waals surface area contributed by atoms with Gasteiger partial charge < -0.3 is 4.74 Å². The van der Waals surface area contributed by atoms with Crippen LogP contribution in [0.1, 0.15) is 27.2 Å². The molecule has 2 rings (SSSR count). The fourth-order valence-electron chi connectivity index (χ4n) is 1.58. The first-order valence-electron chi connectivity index (χ1n) is 6.18. The molecule has 0 aliphatic rings. The van der Waals surface area contributed by atoms with Crippen LogP contribution in [0.3, 0.4) is 0 Å². The highest BCUT2D eigenvalue weighted by atomic mass is 35.5. The number of aromatic nitrogens is 1. The minimum Gasteiger partial charge on any atom is -0.466 e. The Hall–Kier alpha value is -1.44. The quantitative estimate of drug-likeness (QED) is 0.842. The number of hydrogen-bond donors (Lipinski definition) is 1. The number of hydrogen-bond acceptors (Lipinski definition) is 6. The Morgan fingerprint density at radius 3 is 2.76 bits per heavy atom. The molecule has 2 aromatic heterocycles. The molecular weight excluding hydrogens is 332 g/mol. The molecule has 5 nitrogen and oxygen atoms in total. The van der Waals surface area contributed by atoms with Crippen LogP contribution in [0.2, 0.25) is 4.34 Å². The van der Waals surface area contributed by atoms with Crippen molar-refractivity contribution in [3.63, 3.8) is 0 Å². The van der Waals surface area contributed by atoms with E-state index in [2.05, 4.69) is 10.3 Å². The van der Waals surface area contributed by atoms with E-state index in [1.807, 2.05) is 0 Å². The fraction of sp³-hybridized carbons (Fsp3) is 0.308. The lowest BCUT2D eigenvalue weighted by Gasteiger charge is -1.99. The Kier molecular flexibility index (Phi) is 5.33. The van der Waals surface area contributed by atoms with Crippen molar-refractivity contribution in [3.05, 3.63) is 31.9 Å². The molecule has 0 aliphatic heterocycles. The number of carbonyl (C=O) groups excluding carboxylic acids is 2. The number of rotatable bonds is 5. The Labute approximate surface area is 134 Å². The number of amides is 1. The summed E-state index contributed by atoms with van der Waals surface area (Å²) in [4.78, 5) is 29.0. The zero-order chi connectivity index (χ0) is 15.4. The average molecular weight is 345 g/mol. The molecule has 8 heteroatoms. The van der Waals surface area contributed by atoms with E-state index in [1.165, 1.54) is 22.7 Å². The monoisotopic (exact) mass is 344 g/mol. The third-order valence-corrected chi connectivity index (χ3v) is 4.82. The SMILES string of the molecule is CCOC(=O)Cc1sc(NC(=O)c2ccc(Cl)s2)nc1C. The van der Waals surface area contributed by atoms with Gasteiger partial charge in [0.05, 0.1) is 27.9 Å². The van der Waals surface area contributed by atoms with Gasteiger partial charge in [-0.1, -0.05) is 11.6 Å². The molecule has 0 saturated heterocycles. The van der Waals surface area contributed by atoms with E-state index in [1.54, 1.807) is 26.0 Å². The summed E-state index contributed by atoms with van der Waals surface area (Å²) < 4.78 is 5.46. The lowest BCUT2D eigenvalue weighted by molar-refractivity contribution is -0.142. The zero-order valence-corrected chi connectivity index (χ0v) is 13.8. The first-order chi connectivity index (χ1) is 9.99. The van der Waals surface area contributed by atoms with Crippen molar-refractivity contribution < 1.29 is 14.3 Å². The Bertz CT molecular complexity index is 666. The van der Waals surface area contributed by atoms with Crippen molar-refractivity contribution in [2.24, 2.45) is 0 Å². The number of esters is 1. The van der Waals surface area contributed by atoms with Gasteiger partial charge >= 0.3 is 5.97 Å². The molecule has 0 aromatic carbocycles. The van der Waals surface area contributed by atoms with Gasteiger partial charge in [0.2, 0.25) is 0 Å². The third kappa shape index (κ3) is 4.26. The molecule has 0 radical (unpaired) electrons. The first kappa shape index (κ1) is 15.9. The van der Waals surface area contributed by atoms with Crippen molar-refractivity contribution in [2.45, 2.75) is 20.3 Å². The molecule has 2 heterocycles. The predicted octanol–water partition coefficient (Wildman–Crippen LogP) is 3.52. The standard InChI is InChI=1S/C13H13ClN2O3S2/c1-3-19-11(17)6-9-7(2)15-13(21-9)16-12(18)8-4-5-10(14)20-8/h4-5H,3,6H2,1-2H3,(H,15,16,18). The van der Waals surface area contributed by atoms with E-state index in [4.69, 9.17) is 16.3 Å². The summed E-state index contributed by atoms with van der Waals surface area (Å²) in [6.45, 7) is 3.90. The van der Waals surface area contributed by atoms with Gasteiger partial charge in [0.15, 0.2) is 5.13 Å². The summed E-state index contributed by atoms with van der Waals surface area (Å²) in [6.07, 6.45) is 0.165. The van der Waals surface area contributed by atoms with Crippen molar-refractivity contribution in [3.8, 4) is 0 Å². The zero-order valence-electron chi connectivity index (χ0n) is 11.4. The summed E-state index contributed by atoms with van der Waals surface area (Å²) in [7, 11) is 0. The van der Waals surface area contributed by atoms with Crippen LogP contribution in [-0.4, -0.2) is 23.5 Å². The number of ether oxygens (including phenoxy) is 1. The van der Waals surface area contributed by atoms with Crippen LogP contribution in [-0.2, 0) is 16.0 Å². The van der Waals surface area contributed by atoms with E-state index in [-0.39, 0.29) is 18.3 Å². The van der Waals surface area contributed by atoms with Crippen LogP contribution in [0.5, 0.6) is 0 Å². The molecule has 0 aliphatic carbocycles. The molecule has 0 atom stereocenters. The van der Waals surface area contributed by atoms with E-state index in [9.17, 15) is 9.59 Å². The molecule has 1 amide bonds. The summed E-state index contributed by atoms with van der Waals surface area (Å²) in [5.74, 6) is -0.560. The number of nitrogens with one attached hydrogen (secondary N) is 1. The van der Waals surface area contributed by atoms with Crippen LogP contribution in [0, 0.1) is 6.92 Å². The van der Waals surface area contributed by atoms with Crippen molar-refractivity contribution in [1.82, 2.24) is 4.98 Å². The van der Waals surface area contributed by atoms with Crippen molar-refractivity contribution in [1.29, 1.82) is 0 Å². The highest BCUT2D eigenvalue weighted by molar-refractivity contribution is 7.18. The average Bonchev–Trinajstić information content (AvgIpc) is 2.97. The highest BCUT2D eigenvalue weighted by Gasteiger charge is 2.15. The molecule has 0 saturated carbocycles. The normalized spacial score (nSPS) is 10.4. The van der Waals surface area contributed by atoms with E-state index in [0.717, 1.165) is 4.88 Å². The number of thiophene rings is 1. The highest BCUT2D eigenvalue weighted by Crippen LogP contribution is 2.26. The summed E-state index contributed by atoms with van der Waals surface area (Å²) in [5, 5.41) is 3.17. The molecular formula is C13H13ClN2O3S2. The summed E-state index contributed by atoms with van der Waals surface area (Å²) in [5.41, 5.74) is 0.715. The van der Waals surface area contributed by atoms with Gasteiger partial charge in [-0.15, -0.1) is 22.7 Å². The van der Waals surface area contributed by atoms with Gasteiger partial charge in [-0.2, -0.15) is 0 Å². The Morgan fingerprint density at radius 1 is 1.38 bits per heavy atom. The third-order valence-electron chi connectivity index (χ3n) is 2.52. The predicted molar refractivity (Wildman–Crippen MR) is 84.5 cm³/mol. The van der Waals surface area contributed by atoms with Crippen LogP contribution in [0.4, 0.5) is 5.13 Å². The van der Waals surface area contributed by atoms with Gasteiger partial charge in [0.1, 0.15) is 0 Å². The molecule has 0 fully saturated rings. The van der Waals surface area contributed by atoms with E-state index < -0.39 is 0 Å². The van der Waals surface area contributed by atoms with Gasteiger partial charge in [0.25, 0.3) is 5.91 Å². The van der Waals surface area contributed by atoms with Gasteiger partial charge in [-0.25, -0.2) is 4.98 Å². The Balaban J connectivity index is 2.05. The second-order valence-corrected chi connectivity index (χ2v) is 6.87. The number of halogens is 1. The van der Waals surface area contributed by atoms with Crippen LogP contribution in [0.15, 0.2) is 12.1 Å². The lowest BCUT2D eigenvalue weighted by atomic mass is 10.3. The molecule has 0 bridgehead atoms. The van der Waals surface area contributed by atoms with Crippen LogP contribution >= 0.6 is 34.3 Å². The maximum Gasteiger partial charge on any atom is 0.311 e. The van der Waals surface area contributed by atoms with Gasteiger partial charge in [-0.05, 0) is 26.0 Å². The number of carbonyl (C=O) groups is 2. The minimum atomic E-state index is -0.299. The maximum absolute atomic E-state index is 12.0.